The predicted octanol–water partition coefficient (Wildman–Crippen LogP) is 6.92. The monoisotopic (exact) mass is 875 g/mol. The van der Waals surface area contributed by atoms with Crippen LogP contribution in [0.15, 0.2) is 82.4 Å². The fraction of sp³-hybridized carbons (Fsp3) is 0.189. The number of benzene rings is 4. The molecule has 0 aliphatic rings. The number of alkyl halides is 1. The van der Waals surface area contributed by atoms with E-state index < -0.39 is 47.0 Å². The molecule has 7 rings (SSSR count). The van der Waals surface area contributed by atoms with E-state index in [1.807, 2.05) is 0 Å². The van der Waals surface area contributed by atoms with Gasteiger partial charge >= 0.3 is 18.2 Å². The quantitative estimate of drug-likeness (QED) is 0.0478. The normalized spacial score (nSPS) is 10.5. The number of hydrogen-bond donors (Lipinski definition) is 5. The van der Waals surface area contributed by atoms with E-state index in [0.29, 0.717) is 33.9 Å². The molecule has 0 radical (unpaired) electrons. The molecular formula is C37H34BrF4N7O9. The maximum atomic E-state index is 13.3. The summed E-state index contributed by atoms with van der Waals surface area (Å²) in [6.45, 7) is 4.22. The molecule has 0 spiro atoms. The number of aromatic amines is 3. The van der Waals surface area contributed by atoms with Crippen molar-refractivity contribution in [2.45, 2.75) is 20.3 Å². The highest BCUT2D eigenvalue weighted by molar-refractivity contribution is 9.09. The number of carbonyl (C=O) groups excluding carboxylic acids is 2. The number of rotatable bonds is 7. The van der Waals surface area contributed by atoms with Gasteiger partial charge < -0.3 is 25.1 Å². The summed E-state index contributed by atoms with van der Waals surface area (Å²) in [4.78, 5) is 55.9. The Morgan fingerprint density at radius 2 is 1.33 bits per heavy atom. The van der Waals surface area contributed by atoms with Crippen molar-refractivity contribution < 1.29 is 51.3 Å². The summed E-state index contributed by atoms with van der Waals surface area (Å²) in [7, 11) is 0. The summed E-state index contributed by atoms with van der Waals surface area (Å²) in [6, 6.07) is 14.9. The summed E-state index contributed by atoms with van der Waals surface area (Å²) in [5, 5.41) is 21.5. The molecule has 16 nitrogen and oxygen atoms in total. The first-order valence-electron chi connectivity index (χ1n) is 16.9. The second-order valence-corrected chi connectivity index (χ2v) is 12.2. The average Bonchev–Trinajstić information content (AvgIpc) is 3.85. The van der Waals surface area contributed by atoms with Crippen LogP contribution in [0.4, 0.5) is 32.8 Å². The largest absolute Gasteiger partial charge is 0.478 e. The number of hydrogen-bond acceptors (Lipinski definition) is 10. The van der Waals surface area contributed by atoms with E-state index in [9.17, 15) is 41.5 Å². The number of nitrogens with one attached hydrogen (secondary N) is 3. The summed E-state index contributed by atoms with van der Waals surface area (Å²) in [5.41, 5.74) is 5.66. The Hall–Kier alpha value is -6.90. The van der Waals surface area contributed by atoms with E-state index in [0.717, 1.165) is 39.3 Å². The number of nitrogens with two attached hydrogens (primary N) is 1. The van der Waals surface area contributed by atoms with E-state index >= 15 is 0 Å². The van der Waals surface area contributed by atoms with E-state index in [1.54, 1.807) is 13.8 Å². The van der Waals surface area contributed by atoms with Gasteiger partial charge in [-0.15, -0.1) is 5.10 Å². The van der Waals surface area contributed by atoms with Crippen molar-refractivity contribution in [2.75, 3.05) is 30.9 Å². The Balaban J connectivity index is 0.000000177. The number of H-pyrrole nitrogens is 3. The molecule has 0 bridgehead atoms. The topological polar surface area (TPSA) is 229 Å². The maximum absolute atomic E-state index is 13.3. The minimum Gasteiger partial charge on any atom is -0.478 e. The number of nitrogens with zero attached hydrogens (tertiary/aromatic N) is 3. The van der Waals surface area contributed by atoms with Crippen molar-refractivity contribution in [3.63, 3.8) is 0 Å². The van der Waals surface area contributed by atoms with Crippen LogP contribution >= 0.6 is 15.9 Å². The third-order valence-electron chi connectivity index (χ3n) is 7.46. The van der Waals surface area contributed by atoms with Gasteiger partial charge in [-0.1, -0.05) is 15.9 Å². The molecule has 0 amide bonds. The third kappa shape index (κ3) is 11.1. The molecular weight excluding hydrogens is 842 g/mol. The number of nitrogen functional groups attached to an aromatic ring is 1. The Morgan fingerprint density at radius 3 is 1.95 bits per heavy atom. The zero-order valence-corrected chi connectivity index (χ0v) is 32.1. The summed E-state index contributed by atoms with van der Waals surface area (Å²) in [6.07, 6.45) is -0.524. The van der Waals surface area contributed by atoms with Crippen LogP contribution in [0.2, 0.25) is 0 Å². The second kappa shape index (κ2) is 20.3. The highest BCUT2D eigenvalue weighted by Crippen LogP contribution is 2.26. The first-order chi connectivity index (χ1) is 27.7. The van der Waals surface area contributed by atoms with Crippen LogP contribution in [0.1, 0.15) is 30.6 Å². The molecule has 0 atom stereocenters. The summed E-state index contributed by atoms with van der Waals surface area (Å²) >= 11 is 3.29. The van der Waals surface area contributed by atoms with Crippen LogP contribution in [-0.2, 0) is 9.47 Å². The smallest absolute Gasteiger partial charge is 0.435 e. The van der Waals surface area contributed by atoms with E-state index in [2.05, 4.69) is 36.3 Å². The number of ether oxygens (including phenoxy) is 3. The van der Waals surface area contributed by atoms with Crippen molar-refractivity contribution in [2.24, 2.45) is 0 Å². The number of fused-ring (bicyclic) bond motifs is 3. The van der Waals surface area contributed by atoms with Gasteiger partial charge in [-0.2, -0.15) is 9.36 Å². The minimum absolute atomic E-state index is 0.0684. The van der Waals surface area contributed by atoms with Gasteiger partial charge in [0.05, 0.1) is 58.1 Å². The van der Waals surface area contributed by atoms with Crippen molar-refractivity contribution in [1.82, 2.24) is 29.8 Å². The molecule has 6 N–H and O–H groups in total. The van der Waals surface area contributed by atoms with Crippen LogP contribution in [0.25, 0.3) is 32.7 Å². The Labute approximate surface area is 332 Å². The van der Waals surface area contributed by atoms with Crippen molar-refractivity contribution in [3.8, 4) is 5.88 Å². The Bertz CT molecular complexity index is 2670. The average molecular weight is 877 g/mol. The minimum atomic E-state index is -1.22. The first-order valence-corrected chi connectivity index (χ1v) is 18.1. The molecule has 4 aromatic carbocycles. The SMILES string of the molecule is CCOC(=O)n1[nH]c(=O)c2cc(F)ccc21.CCOC(=O)n1nc(OCCCBr)c2cc(F)ccc21.Nc1ccc(F)cc1C(=O)O.O=c1[nH][nH]c2ccc(F)cc12. The molecule has 0 aliphatic carbocycles. The van der Waals surface area contributed by atoms with Crippen molar-refractivity contribution in [1.29, 1.82) is 0 Å². The first kappa shape index (κ1) is 43.8. The molecule has 3 heterocycles. The molecule has 7 aromatic rings. The highest BCUT2D eigenvalue weighted by atomic mass is 79.9. The lowest BCUT2D eigenvalue weighted by Crippen LogP contribution is -2.17. The van der Waals surface area contributed by atoms with Gasteiger partial charge in [-0.05, 0) is 93.1 Å². The lowest BCUT2D eigenvalue weighted by atomic mass is 10.2. The number of anilines is 1. The standard InChI is InChI=1S/C13H14BrFN2O3.C10H9FN2O3.C7H5FN2O.C7H6FNO2/c1-2-19-13(18)17-11-5-4-9(15)8-10(11)12(16-17)20-7-3-6-14;1-2-16-10(15)13-8-4-3-6(11)5-7(8)9(14)12-13;8-4-1-2-6-5(3-4)7(11)10-9-6;8-4-1-2-6(9)5(3-4)7(10)11/h4-5,8H,2-3,6-7H2,1H3;3-5H,2H2,1H3,(H,12,14);1-3H,(H2,9,10,11);1-3H,9H2,(H,10,11). The van der Waals surface area contributed by atoms with E-state index in [-0.39, 0.29) is 41.3 Å². The molecule has 58 heavy (non-hydrogen) atoms. The van der Waals surface area contributed by atoms with Gasteiger partial charge in [0.2, 0.25) is 5.88 Å². The number of aromatic carboxylic acids is 1. The second-order valence-electron chi connectivity index (χ2n) is 11.4. The van der Waals surface area contributed by atoms with Crippen LogP contribution in [0, 0.1) is 23.3 Å². The van der Waals surface area contributed by atoms with Crippen molar-refractivity contribution >= 4 is 72.5 Å². The van der Waals surface area contributed by atoms with Crippen LogP contribution in [0.3, 0.4) is 0 Å². The molecule has 0 fully saturated rings. The number of halogens is 5. The molecule has 0 unspecified atom stereocenters. The zero-order chi connectivity index (χ0) is 42.5. The number of carboxylic acids is 1. The third-order valence-corrected chi connectivity index (χ3v) is 8.02. The number of aromatic nitrogens is 6. The van der Waals surface area contributed by atoms with Crippen LogP contribution in [0.5, 0.6) is 5.88 Å². The molecule has 0 aliphatic heterocycles. The van der Waals surface area contributed by atoms with Crippen molar-refractivity contribution in [3.05, 3.63) is 122 Å². The van der Waals surface area contributed by atoms with Gasteiger partial charge in [-0.25, -0.2) is 31.9 Å². The molecule has 0 saturated carbocycles. The van der Waals surface area contributed by atoms with E-state index in [1.165, 1.54) is 54.6 Å². The molecule has 21 heteroatoms. The van der Waals surface area contributed by atoms with Crippen LogP contribution in [-0.4, -0.2) is 78.2 Å². The molecule has 3 aromatic heterocycles. The Morgan fingerprint density at radius 1 is 0.759 bits per heavy atom. The maximum Gasteiger partial charge on any atom is 0.435 e. The van der Waals surface area contributed by atoms with Gasteiger partial charge in [0, 0.05) is 11.0 Å². The van der Waals surface area contributed by atoms with Gasteiger partial charge in [0.15, 0.2) is 0 Å². The number of carbonyl (C=O) groups is 3. The van der Waals surface area contributed by atoms with Gasteiger partial charge in [-0.3, -0.25) is 24.9 Å². The Kier molecular flexibility index (Phi) is 15.4. The number of carboxylic acid groups (broad SMARTS) is 1. The molecule has 306 valence electrons. The summed E-state index contributed by atoms with van der Waals surface area (Å²) < 4.78 is 68.3. The fourth-order valence-corrected chi connectivity index (χ4v) is 5.10. The summed E-state index contributed by atoms with van der Waals surface area (Å²) in [5.74, 6) is -2.93. The fourth-order valence-electron chi connectivity index (χ4n) is 4.87. The predicted molar refractivity (Wildman–Crippen MR) is 208 cm³/mol. The zero-order valence-electron chi connectivity index (χ0n) is 30.5. The molecule has 0 saturated heterocycles. The van der Waals surface area contributed by atoms with Gasteiger partial charge in [0.1, 0.15) is 23.3 Å². The lowest BCUT2D eigenvalue weighted by molar-refractivity contribution is 0.0697. The lowest BCUT2D eigenvalue weighted by Gasteiger charge is -2.02. The van der Waals surface area contributed by atoms with Crippen LogP contribution < -0.4 is 21.6 Å². The van der Waals surface area contributed by atoms with E-state index in [4.69, 9.17) is 25.1 Å². The highest BCUT2D eigenvalue weighted by Gasteiger charge is 2.18. The van der Waals surface area contributed by atoms with Gasteiger partial charge in [0.25, 0.3) is 11.1 Å².